The van der Waals surface area contributed by atoms with E-state index < -0.39 is 0 Å². The lowest BCUT2D eigenvalue weighted by atomic mass is 9.90. The predicted octanol–water partition coefficient (Wildman–Crippen LogP) is 20.4. The fourth-order valence-corrected chi connectivity index (χ4v) is 11.7. The largest absolute Gasteiger partial charge is 0.456 e. The second-order valence-corrected chi connectivity index (χ2v) is 19.1. The quantitative estimate of drug-likeness (QED) is 0.142. The third-order valence-electron chi connectivity index (χ3n) is 15.0. The molecule has 15 aromatic rings. The molecule has 0 fully saturated rings. The maximum absolute atomic E-state index is 6.77. The van der Waals surface area contributed by atoms with Crippen molar-refractivity contribution in [1.82, 2.24) is 0 Å². The Balaban J connectivity index is 0.932. The first kappa shape index (κ1) is 41.8. The van der Waals surface area contributed by atoms with Gasteiger partial charge in [-0.05, 0) is 121 Å². The maximum atomic E-state index is 6.77. The number of hydrogen-bond acceptors (Lipinski definition) is 4. The van der Waals surface area contributed by atoms with Crippen LogP contribution in [-0.4, -0.2) is 0 Å². The molecule has 0 aliphatic heterocycles. The Morgan fingerprint density at radius 1 is 0.243 bits per heavy atom. The number of para-hydroxylation sites is 5. The van der Waals surface area contributed by atoms with E-state index in [1.54, 1.807) is 0 Å². The molecular formula is C70H44N2O2. The molecule has 0 radical (unpaired) electrons. The molecule has 0 bridgehead atoms. The zero-order chi connectivity index (χ0) is 48.7. The highest BCUT2D eigenvalue weighted by atomic mass is 16.3. The monoisotopic (exact) mass is 944 g/mol. The number of rotatable bonds is 8. The van der Waals surface area contributed by atoms with E-state index in [2.05, 4.69) is 259 Å². The normalized spacial score (nSPS) is 11.8. The molecule has 2 heterocycles. The molecule has 0 unspecified atom stereocenters. The van der Waals surface area contributed by atoms with E-state index in [1.807, 2.05) is 18.2 Å². The molecule has 0 aliphatic rings. The topological polar surface area (TPSA) is 32.8 Å². The summed E-state index contributed by atoms with van der Waals surface area (Å²) in [6, 6.07) is 96.0. The summed E-state index contributed by atoms with van der Waals surface area (Å²) in [4.78, 5) is 4.77. The van der Waals surface area contributed by atoms with Crippen LogP contribution in [0.2, 0.25) is 0 Å². The Morgan fingerprint density at radius 3 is 1.42 bits per heavy atom. The summed E-state index contributed by atoms with van der Waals surface area (Å²) >= 11 is 0. The van der Waals surface area contributed by atoms with E-state index in [4.69, 9.17) is 8.83 Å². The fraction of sp³-hybridized carbons (Fsp3) is 0. The zero-order valence-electron chi connectivity index (χ0n) is 40.1. The van der Waals surface area contributed by atoms with Crippen molar-refractivity contribution in [2.45, 2.75) is 0 Å². The molecule has 0 saturated heterocycles. The van der Waals surface area contributed by atoms with Gasteiger partial charge in [0.25, 0.3) is 0 Å². The number of benzene rings is 13. The van der Waals surface area contributed by atoms with Crippen LogP contribution in [0.5, 0.6) is 0 Å². The Labute approximate surface area is 426 Å². The van der Waals surface area contributed by atoms with Gasteiger partial charge >= 0.3 is 0 Å². The number of fused-ring (bicyclic) bond motifs is 14. The van der Waals surface area contributed by atoms with Crippen LogP contribution >= 0.6 is 0 Å². The highest BCUT2D eigenvalue weighted by Crippen LogP contribution is 2.49. The van der Waals surface area contributed by atoms with Gasteiger partial charge < -0.3 is 18.6 Å². The van der Waals surface area contributed by atoms with Crippen LogP contribution in [0, 0.1) is 0 Å². The number of nitrogens with zero attached hydrogens (tertiary/aromatic N) is 2. The molecule has 13 aromatic carbocycles. The molecule has 74 heavy (non-hydrogen) atoms. The summed E-state index contributed by atoms with van der Waals surface area (Å²) in [6.45, 7) is 0. The van der Waals surface area contributed by atoms with Crippen LogP contribution in [-0.2, 0) is 0 Å². The van der Waals surface area contributed by atoms with Gasteiger partial charge in [0, 0.05) is 55.8 Å². The average Bonchev–Trinajstić information content (AvgIpc) is 4.06. The standard InChI is InChI=1S/C70H44N2O2/c1-3-18-45(19-4-1)51-22-9-13-29-63(51)71(50-37-41-58-56-25-11-15-32-66(56)73-68(58)44-50)49-36-40-55-60-38-34-47-42-48(35-39-53(47)69(60)59-27-8-7-24-54(59)62(55)43-49)72(64-30-14-10-23-52(64)46-20-5-2-6-21-46)65-31-17-28-61-57-26-12-16-33-67(57)74-70(61)65/h1-44H. The SMILES string of the molecule is c1ccc(-c2ccccc2N(c2ccc3c(c2)oc2ccccc23)c2ccc3c(c2)c2ccccc2c2c4ccc(N(c5ccccc5-c5ccccc5)c5cccc6c5oc5ccccc56)cc4ccc32)cc1. The van der Waals surface area contributed by atoms with Crippen LogP contribution in [0.15, 0.2) is 276 Å². The van der Waals surface area contributed by atoms with Crippen molar-refractivity contribution in [3.8, 4) is 22.3 Å². The van der Waals surface area contributed by atoms with Crippen molar-refractivity contribution in [3.63, 3.8) is 0 Å². The first-order valence-electron chi connectivity index (χ1n) is 25.2. The molecule has 0 N–H and O–H groups in total. The Morgan fingerprint density at radius 2 is 0.703 bits per heavy atom. The van der Waals surface area contributed by atoms with Crippen LogP contribution in [0.3, 0.4) is 0 Å². The summed E-state index contributed by atoms with van der Waals surface area (Å²) < 4.78 is 13.3. The summed E-state index contributed by atoms with van der Waals surface area (Å²) in [5, 5.41) is 14.0. The highest BCUT2D eigenvalue weighted by Gasteiger charge is 2.24. The third kappa shape index (κ3) is 6.62. The molecule has 4 nitrogen and oxygen atoms in total. The van der Waals surface area contributed by atoms with Gasteiger partial charge in [-0.1, -0.05) is 194 Å². The number of anilines is 6. The lowest BCUT2D eigenvalue weighted by molar-refractivity contribution is 0.668. The van der Waals surface area contributed by atoms with Gasteiger partial charge in [0.2, 0.25) is 0 Å². The maximum Gasteiger partial charge on any atom is 0.159 e. The average molecular weight is 945 g/mol. The van der Waals surface area contributed by atoms with Gasteiger partial charge in [0.1, 0.15) is 16.7 Å². The van der Waals surface area contributed by atoms with Crippen molar-refractivity contribution < 1.29 is 8.83 Å². The minimum absolute atomic E-state index is 0.851. The van der Waals surface area contributed by atoms with Crippen molar-refractivity contribution in [3.05, 3.63) is 267 Å². The molecule has 0 atom stereocenters. The summed E-state index contributed by atoms with van der Waals surface area (Å²) in [5.74, 6) is 0. The third-order valence-corrected chi connectivity index (χ3v) is 15.0. The van der Waals surface area contributed by atoms with Gasteiger partial charge in [-0.2, -0.15) is 0 Å². The van der Waals surface area contributed by atoms with Crippen LogP contribution in [0.4, 0.5) is 34.1 Å². The van der Waals surface area contributed by atoms with E-state index >= 15 is 0 Å². The molecule has 0 amide bonds. The summed E-state index contributed by atoms with van der Waals surface area (Å²) in [7, 11) is 0. The summed E-state index contributed by atoms with van der Waals surface area (Å²) in [5.41, 5.74) is 14.3. The lowest BCUT2D eigenvalue weighted by Crippen LogP contribution is -2.11. The first-order valence-corrected chi connectivity index (χ1v) is 25.2. The number of hydrogen-bond donors (Lipinski definition) is 0. The van der Waals surface area contributed by atoms with Gasteiger partial charge in [-0.3, -0.25) is 0 Å². The van der Waals surface area contributed by atoms with E-state index in [1.165, 1.54) is 37.7 Å². The van der Waals surface area contributed by atoms with Gasteiger partial charge in [0.05, 0.1) is 17.1 Å². The molecule has 0 aliphatic carbocycles. The highest BCUT2D eigenvalue weighted by molar-refractivity contribution is 6.32. The van der Waals surface area contributed by atoms with E-state index in [9.17, 15) is 0 Å². The van der Waals surface area contributed by atoms with Crippen LogP contribution < -0.4 is 9.80 Å². The van der Waals surface area contributed by atoms with Crippen molar-refractivity contribution >= 4 is 121 Å². The smallest absolute Gasteiger partial charge is 0.159 e. The Hall–Kier alpha value is -9.90. The van der Waals surface area contributed by atoms with E-state index in [0.29, 0.717) is 0 Å². The Bertz CT molecular complexity index is 4670. The molecule has 2 aromatic heterocycles. The van der Waals surface area contributed by atoms with Crippen molar-refractivity contribution in [2.24, 2.45) is 0 Å². The van der Waals surface area contributed by atoms with E-state index in [0.717, 1.165) is 106 Å². The number of furan rings is 2. The summed E-state index contributed by atoms with van der Waals surface area (Å²) in [6.07, 6.45) is 0. The Kier molecular flexibility index (Phi) is 9.54. The molecule has 346 valence electrons. The molecule has 0 spiro atoms. The zero-order valence-corrected chi connectivity index (χ0v) is 40.1. The van der Waals surface area contributed by atoms with E-state index in [-0.39, 0.29) is 0 Å². The molecular weight excluding hydrogens is 901 g/mol. The van der Waals surface area contributed by atoms with Gasteiger partial charge in [-0.15, -0.1) is 0 Å². The van der Waals surface area contributed by atoms with Crippen LogP contribution in [0.25, 0.3) is 109 Å². The first-order chi connectivity index (χ1) is 36.7. The lowest BCUT2D eigenvalue weighted by Gasteiger charge is -2.28. The predicted molar refractivity (Wildman–Crippen MR) is 311 cm³/mol. The van der Waals surface area contributed by atoms with Gasteiger partial charge in [-0.25, -0.2) is 0 Å². The van der Waals surface area contributed by atoms with Gasteiger partial charge in [0.15, 0.2) is 5.58 Å². The molecule has 4 heteroatoms. The minimum Gasteiger partial charge on any atom is -0.456 e. The van der Waals surface area contributed by atoms with Crippen molar-refractivity contribution in [2.75, 3.05) is 9.80 Å². The fourth-order valence-electron chi connectivity index (χ4n) is 11.7. The minimum atomic E-state index is 0.851. The van der Waals surface area contributed by atoms with Crippen molar-refractivity contribution in [1.29, 1.82) is 0 Å². The second kappa shape index (κ2) is 16.9. The molecule has 0 saturated carbocycles. The van der Waals surface area contributed by atoms with Crippen LogP contribution in [0.1, 0.15) is 0 Å². The molecule has 15 rings (SSSR count). The second-order valence-electron chi connectivity index (χ2n) is 19.1.